The van der Waals surface area contributed by atoms with Crippen molar-refractivity contribution < 1.29 is 4.79 Å². The van der Waals surface area contributed by atoms with Gasteiger partial charge in [0.1, 0.15) is 5.82 Å². The molecule has 0 radical (unpaired) electrons. The molecule has 5 nitrogen and oxygen atoms in total. The molecule has 2 rings (SSSR count). The van der Waals surface area contributed by atoms with E-state index < -0.39 is 5.69 Å². The lowest BCUT2D eigenvalue weighted by atomic mass is 10.2. The maximum atomic E-state index is 12.0. The fourth-order valence-corrected chi connectivity index (χ4v) is 2.52. The standard InChI is InChI=1S/C12H13N3O2S/c1-3-8-4-5-18-10(8)11(16)14-9-6-7(2)13-12(17)15-9/h4-6H,3H2,1-2H3,(H2,13,14,15,16,17). The Bertz CT molecular complexity index is 630. The molecular weight excluding hydrogens is 250 g/mol. The van der Waals surface area contributed by atoms with Gasteiger partial charge in [0.25, 0.3) is 5.91 Å². The van der Waals surface area contributed by atoms with Crippen molar-refractivity contribution in [1.29, 1.82) is 0 Å². The molecule has 0 aliphatic rings. The summed E-state index contributed by atoms with van der Waals surface area (Å²) in [4.78, 5) is 30.1. The van der Waals surface area contributed by atoms with Crippen LogP contribution in [0.25, 0.3) is 0 Å². The van der Waals surface area contributed by atoms with E-state index in [4.69, 9.17) is 0 Å². The molecule has 2 aromatic rings. The Balaban J connectivity index is 2.24. The van der Waals surface area contributed by atoms with Gasteiger partial charge >= 0.3 is 5.69 Å². The average molecular weight is 263 g/mol. The van der Waals surface area contributed by atoms with Crippen molar-refractivity contribution in [2.75, 3.05) is 5.32 Å². The van der Waals surface area contributed by atoms with Crippen LogP contribution in [0.1, 0.15) is 27.9 Å². The summed E-state index contributed by atoms with van der Waals surface area (Å²) >= 11 is 1.38. The van der Waals surface area contributed by atoms with Crippen molar-refractivity contribution in [2.45, 2.75) is 20.3 Å². The maximum absolute atomic E-state index is 12.0. The van der Waals surface area contributed by atoms with Crippen LogP contribution in [0, 0.1) is 6.92 Å². The monoisotopic (exact) mass is 263 g/mol. The molecule has 0 spiro atoms. The molecule has 2 N–H and O–H groups in total. The number of thiophene rings is 1. The minimum Gasteiger partial charge on any atom is -0.310 e. The van der Waals surface area contributed by atoms with Gasteiger partial charge in [-0.25, -0.2) is 4.79 Å². The first kappa shape index (κ1) is 12.5. The quantitative estimate of drug-likeness (QED) is 0.888. The number of aryl methyl sites for hydroxylation is 2. The number of H-pyrrole nitrogens is 1. The van der Waals surface area contributed by atoms with Gasteiger partial charge in [0.15, 0.2) is 0 Å². The Hall–Kier alpha value is -1.95. The van der Waals surface area contributed by atoms with Crippen LogP contribution in [0.5, 0.6) is 0 Å². The highest BCUT2D eigenvalue weighted by Crippen LogP contribution is 2.18. The van der Waals surface area contributed by atoms with Crippen molar-refractivity contribution in [3.05, 3.63) is 44.1 Å². The van der Waals surface area contributed by atoms with Gasteiger partial charge < -0.3 is 10.3 Å². The lowest BCUT2D eigenvalue weighted by Gasteiger charge is -2.04. The number of carbonyl (C=O) groups excluding carboxylic acids is 1. The van der Waals surface area contributed by atoms with Gasteiger partial charge in [-0.2, -0.15) is 4.98 Å². The zero-order valence-corrected chi connectivity index (χ0v) is 10.9. The number of hydrogen-bond acceptors (Lipinski definition) is 4. The van der Waals surface area contributed by atoms with Crippen LogP contribution in [0.4, 0.5) is 5.82 Å². The third-order valence-corrected chi connectivity index (χ3v) is 3.41. The van der Waals surface area contributed by atoms with Crippen LogP contribution in [-0.4, -0.2) is 15.9 Å². The summed E-state index contributed by atoms with van der Waals surface area (Å²) in [5, 5.41) is 4.52. The van der Waals surface area contributed by atoms with Crippen LogP contribution < -0.4 is 11.0 Å². The minimum absolute atomic E-state index is 0.223. The van der Waals surface area contributed by atoms with Gasteiger partial charge in [-0.15, -0.1) is 11.3 Å². The van der Waals surface area contributed by atoms with Crippen molar-refractivity contribution in [3.8, 4) is 0 Å². The van der Waals surface area contributed by atoms with E-state index in [-0.39, 0.29) is 11.7 Å². The number of rotatable bonds is 3. The van der Waals surface area contributed by atoms with Gasteiger partial charge in [0, 0.05) is 11.8 Å². The van der Waals surface area contributed by atoms with E-state index in [0.717, 1.165) is 12.0 Å². The Labute approximate surface area is 108 Å². The lowest BCUT2D eigenvalue weighted by Crippen LogP contribution is -2.18. The van der Waals surface area contributed by atoms with E-state index in [0.29, 0.717) is 10.6 Å². The van der Waals surface area contributed by atoms with Crippen LogP contribution in [0.3, 0.4) is 0 Å². The Morgan fingerprint density at radius 2 is 2.33 bits per heavy atom. The molecule has 0 saturated carbocycles. The first-order valence-corrected chi connectivity index (χ1v) is 6.43. The van der Waals surface area contributed by atoms with Gasteiger partial charge in [0.05, 0.1) is 4.88 Å². The Morgan fingerprint density at radius 3 is 3.00 bits per heavy atom. The predicted octanol–water partition coefficient (Wildman–Crippen LogP) is 1.95. The molecule has 94 valence electrons. The molecule has 0 aliphatic carbocycles. The normalized spacial score (nSPS) is 10.3. The van der Waals surface area contributed by atoms with Crippen LogP contribution in [-0.2, 0) is 6.42 Å². The molecular formula is C12H13N3O2S. The first-order valence-electron chi connectivity index (χ1n) is 5.56. The number of nitrogens with zero attached hydrogens (tertiary/aromatic N) is 1. The van der Waals surface area contributed by atoms with Crippen molar-refractivity contribution >= 4 is 23.1 Å². The number of amides is 1. The second kappa shape index (κ2) is 5.14. The molecule has 1 amide bonds. The maximum Gasteiger partial charge on any atom is 0.347 e. The summed E-state index contributed by atoms with van der Waals surface area (Å²) in [6, 6.07) is 3.55. The minimum atomic E-state index is -0.466. The van der Waals surface area contributed by atoms with E-state index in [1.54, 1.807) is 13.0 Å². The highest BCUT2D eigenvalue weighted by molar-refractivity contribution is 7.12. The third-order valence-electron chi connectivity index (χ3n) is 2.45. The molecule has 0 aromatic carbocycles. The molecule has 0 unspecified atom stereocenters. The zero-order valence-electron chi connectivity index (χ0n) is 10.1. The van der Waals surface area contributed by atoms with Gasteiger partial charge in [-0.1, -0.05) is 6.92 Å². The number of carbonyl (C=O) groups is 1. The van der Waals surface area contributed by atoms with Crippen LogP contribution >= 0.6 is 11.3 Å². The number of aromatic amines is 1. The van der Waals surface area contributed by atoms with Crippen molar-refractivity contribution in [1.82, 2.24) is 9.97 Å². The Morgan fingerprint density at radius 1 is 1.56 bits per heavy atom. The van der Waals surface area contributed by atoms with Crippen LogP contribution in [0.15, 0.2) is 22.3 Å². The molecule has 0 saturated heterocycles. The van der Waals surface area contributed by atoms with Gasteiger partial charge in [-0.05, 0) is 30.4 Å². The Kier molecular flexibility index (Phi) is 3.57. The fraction of sp³-hybridized carbons (Fsp3) is 0.250. The van der Waals surface area contributed by atoms with Crippen molar-refractivity contribution in [3.63, 3.8) is 0 Å². The number of hydrogen-bond donors (Lipinski definition) is 2. The van der Waals surface area contributed by atoms with E-state index >= 15 is 0 Å². The zero-order chi connectivity index (χ0) is 13.1. The van der Waals surface area contributed by atoms with Gasteiger partial charge in [-0.3, -0.25) is 4.79 Å². The molecule has 6 heteroatoms. The molecule has 0 fully saturated rings. The summed E-state index contributed by atoms with van der Waals surface area (Å²) in [5.41, 5.74) is 1.19. The highest BCUT2D eigenvalue weighted by atomic mass is 32.1. The first-order chi connectivity index (χ1) is 8.60. The third kappa shape index (κ3) is 2.65. The SMILES string of the molecule is CCc1ccsc1C(=O)Nc1cc(C)[nH]c(=O)n1. The molecule has 0 aliphatic heterocycles. The largest absolute Gasteiger partial charge is 0.347 e. The van der Waals surface area contributed by atoms with Gasteiger partial charge in [0.2, 0.25) is 0 Å². The van der Waals surface area contributed by atoms with Crippen LogP contribution in [0.2, 0.25) is 0 Å². The second-order valence-corrected chi connectivity index (χ2v) is 4.75. The van der Waals surface area contributed by atoms with Crippen molar-refractivity contribution in [2.24, 2.45) is 0 Å². The number of anilines is 1. The molecule has 0 bridgehead atoms. The summed E-state index contributed by atoms with van der Waals surface area (Å²) in [7, 11) is 0. The number of aromatic nitrogens is 2. The van der Waals surface area contributed by atoms with E-state index in [1.807, 2.05) is 18.4 Å². The summed E-state index contributed by atoms with van der Waals surface area (Å²) < 4.78 is 0. The molecule has 0 atom stereocenters. The fourth-order valence-electron chi connectivity index (χ4n) is 1.63. The topological polar surface area (TPSA) is 74.8 Å². The lowest BCUT2D eigenvalue weighted by molar-refractivity contribution is 0.102. The van der Waals surface area contributed by atoms with E-state index in [2.05, 4.69) is 15.3 Å². The summed E-state index contributed by atoms with van der Waals surface area (Å²) in [5.74, 6) is 0.0519. The summed E-state index contributed by atoms with van der Waals surface area (Å²) in [6.45, 7) is 3.73. The van der Waals surface area contributed by atoms with E-state index in [9.17, 15) is 9.59 Å². The highest BCUT2D eigenvalue weighted by Gasteiger charge is 2.13. The molecule has 2 aromatic heterocycles. The van der Waals surface area contributed by atoms with E-state index in [1.165, 1.54) is 11.3 Å². The number of nitrogens with one attached hydrogen (secondary N) is 2. The average Bonchev–Trinajstić information content (AvgIpc) is 2.75. The molecule has 18 heavy (non-hydrogen) atoms. The predicted molar refractivity (Wildman–Crippen MR) is 71.2 cm³/mol. The summed E-state index contributed by atoms with van der Waals surface area (Å²) in [6.07, 6.45) is 0.800. The molecule has 2 heterocycles. The smallest absolute Gasteiger partial charge is 0.310 e. The second-order valence-electron chi connectivity index (χ2n) is 3.84.